The normalized spacial score (nSPS) is 11.0. The Labute approximate surface area is 105 Å². The van der Waals surface area contributed by atoms with Crippen molar-refractivity contribution >= 4 is 23.4 Å². The summed E-state index contributed by atoms with van der Waals surface area (Å²) < 4.78 is 10.9. The Kier molecular flexibility index (Phi) is 6.80. The summed E-state index contributed by atoms with van der Waals surface area (Å²) in [5.41, 5.74) is 0. The van der Waals surface area contributed by atoms with Crippen LogP contribution in [0.15, 0.2) is 23.4 Å². The van der Waals surface area contributed by atoms with Gasteiger partial charge in [-0.1, -0.05) is 11.6 Å². The van der Waals surface area contributed by atoms with Crippen LogP contribution in [0.2, 0.25) is 5.02 Å². The first-order chi connectivity index (χ1) is 7.76. The quantitative estimate of drug-likeness (QED) is 0.557. The Hall–Kier alpha value is -0.290. The highest BCUT2D eigenvalue weighted by molar-refractivity contribution is 7.99. The van der Waals surface area contributed by atoms with Crippen LogP contribution in [0.3, 0.4) is 0 Å². The SMILES string of the molecule is CCOC(CSc1ccc(Cl)cn1)OCC. The van der Waals surface area contributed by atoms with Gasteiger partial charge in [0.15, 0.2) is 6.29 Å². The molecule has 0 radical (unpaired) electrons. The van der Waals surface area contributed by atoms with Crippen molar-refractivity contribution in [1.29, 1.82) is 0 Å². The van der Waals surface area contributed by atoms with Crippen LogP contribution in [0.5, 0.6) is 0 Å². The van der Waals surface area contributed by atoms with Gasteiger partial charge in [0, 0.05) is 19.4 Å². The summed E-state index contributed by atoms with van der Waals surface area (Å²) in [4.78, 5) is 4.19. The second kappa shape index (κ2) is 7.90. The number of hydrogen-bond acceptors (Lipinski definition) is 4. The van der Waals surface area contributed by atoms with Gasteiger partial charge in [-0.15, -0.1) is 11.8 Å². The predicted molar refractivity (Wildman–Crippen MR) is 67.0 cm³/mol. The van der Waals surface area contributed by atoms with Gasteiger partial charge in [0.25, 0.3) is 0 Å². The van der Waals surface area contributed by atoms with E-state index in [0.717, 1.165) is 10.8 Å². The van der Waals surface area contributed by atoms with Crippen molar-refractivity contribution in [1.82, 2.24) is 4.98 Å². The first-order valence-corrected chi connectivity index (χ1v) is 6.60. The molecule has 1 aromatic heterocycles. The van der Waals surface area contributed by atoms with Gasteiger partial charge in [-0.3, -0.25) is 0 Å². The first kappa shape index (κ1) is 13.8. The molecule has 0 bridgehead atoms. The highest BCUT2D eigenvalue weighted by Crippen LogP contribution is 2.19. The molecule has 0 amide bonds. The van der Waals surface area contributed by atoms with Gasteiger partial charge >= 0.3 is 0 Å². The van der Waals surface area contributed by atoms with E-state index in [9.17, 15) is 0 Å². The summed E-state index contributed by atoms with van der Waals surface area (Å²) in [6.45, 7) is 5.22. The fourth-order valence-electron chi connectivity index (χ4n) is 1.12. The predicted octanol–water partition coefficient (Wildman–Crippen LogP) is 3.23. The number of rotatable bonds is 7. The molecular formula is C11H16ClNO2S. The van der Waals surface area contributed by atoms with Crippen LogP contribution in [0.1, 0.15) is 13.8 Å². The van der Waals surface area contributed by atoms with Gasteiger partial charge in [0.05, 0.1) is 15.8 Å². The standard InChI is InChI=1S/C11H16ClNO2S/c1-3-14-11(15-4-2)8-16-10-6-5-9(12)7-13-10/h5-7,11H,3-4,8H2,1-2H3. The molecule has 3 nitrogen and oxygen atoms in total. The fourth-order valence-corrected chi connectivity index (χ4v) is 2.02. The second-order valence-electron chi connectivity index (χ2n) is 2.97. The topological polar surface area (TPSA) is 31.4 Å². The molecule has 0 fully saturated rings. The maximum absolute atomic E-state index is 5.75. The third kappa shape index (κ3) is 5.16. The Balaban J connectivity index is 2.38. The average Bonchev–Trinajstić information content (AvgIpc) is 2.29. The number of halogens is 1. The number of nitrogens with zero attached hydrogens (tertiary/aromatic N) is 1. The number of hydrogen-bond donors (Lipinski definition) is 0. The Morgan fingerprint density at radius 1 is 1.31 bits per heavy atom. The van der Waals surface area contributed by atoms with E-state index in [1.54, 1.807) is 18.0 Å². The zero-order chi connectivity index (χ0) is 11.8. The second-order valence-corrected chi connectivity index (χ2v) is 4.44. The van der Waals surface area contributed by atoms with Gasteiger partial charge in [0.1, 0.15) is 0 Å². The van der Waals surface area contributed by atoms with Gasteiger partial charge < -0.3 is 9.47 Å². The summed E-state index contributed by atoms with van der Waals surface area (Å²) in [5, 5.41) is 1.57. The summed E-state index contributed by atoms with van der Waals surface area (Å²) in [6, 6.07) is 3.72. The van der Waals surface area contributed by atoms with Gasteiger partial charge in [-0.05, 0) is 26.0 Å². The lowest BCUT2D eigenvalue weighted by Crippen LogP contribution is -2.20. The Morgan fingerprint density at radius 3 is 2.50 bits per heavy atom. The van der Waals surface area contributed by atoms with E-state index >= 15 is 0 Å². The van der Waals surface area contributed by atoms with Crippen LogP contribution < -0.4 is 0 Å². The van der Waals surface area contributed by atoms with E-state index < -0.39 is 0 Å². The van der Waals surface area contributed by atoms with Crippen molar-refractivity contribution in [2.24, 2.45) is 0 Å². The zero-order valence-corrected chi connectivity index (χ0v) is 11.1. The van der Waals surface area contributed by atoms with Crippen molar-refractivity contribution in [2.75, 3.05) is 19.0 Å². The molecule has 0 aliphatic rings. The van der Waals surface area contributed by atoms with E-state index in [-0.39, 0.29) is 6.29 Å². The molecular weight excluding hydrogens is 246 g/mol. The minimum atomic E-state index is -0.169. The van der Waals surface area contributed by atoms with Crippen LogP contribution in [0.4, 0.5) is 0 Å². The van der Waals surface area contributed by atoms with Gasteiger partial charge in [-0.2, -0.15) is 0 Å². The maximum Gasteiger partial charge on any atom is 0.166 e. The summed E-state index contributed by atoms with van der Waals surface area (Å²) in [6.07, 6.45) is 1.47. The van der Waals surface area contributed by atoms with Crippen molar-refractivity contribution in [3.8, 4) is 0 Å². The highest BCUT2D eigenvalue weighted by atomic mass is 35.5. The summed E-state index contributed by atoms with van der Waals surface area (Å²) >= 11 is 7.35. The largest absolute Gasteiger partial charge is 0.352 e. The molecule has 0 N–H and O–H groups in total. The smallest absolute Gasteiger partial charge is 0.166 e. The monoisotopic (exact) mass is 261 g/mol. The molecule has 0 saturated carbocycles. The number of ether oxygens (including phenoxy) is 2. The van der Waals surface area contributed by atoms with Crippen LogP contribution in [0, 0.1) is 0 Å². The molecule has 0 aliphatic heterocycles. The molecule has 0 aromatic carbocycles. The molecule has 90 valence electrons. The summed E-state index contributed by atoms with van der Waals surface area (Å²) in [5.74, 6) is 0.732. The third-order valence-corrected chi connectivity index (χ3v) is 2.97. The van der Waals surface area contributed by atoms with Gasteiger partial charge in [-0.25, -0.2) is 4.98 Å². The Bertz CT molecular complexity index is 289. The lowest BCUT2D eigenvalue weighted by Gasteiger charge is -2.15. The number of thioether (sulfide) groups is 1. The summed E-state index contributed by atoms with van der Waals surface area (Å²) in [7, 11) is 0. The maximum atomic E-state index is 5.75. The average molecular weight is 262 g/mol. The van der Waals surface area contributed by atoms with Gasteiger partial charge in [0.2, 0.25) is 0 Å². The first-order valence-electron chi connectivity index (χ1n) is 5.23. The lowest BCUT2D eigenvalue weighted by atomic mass is 10.5. The van der Waals surface area contributed by atoms with E-state index in [1.165, 1.54) is 0 Å². The molecule has 0 aliphatic carbocycles. The molecule has 0 atom stereocenters. The Morgan fingerprint density at radius 2 is 2.00 bits per heavy atom. The molecule has 16 heavy (non-hydrogen) atoms. The van der Waals surface area contributed by atoms with Crippen LogP contribution in [-0.4, -0.2) is 30.2 Å². The number of pyridine rings is 1. The van der Waals surface area contributed by atoms with Crippen LogP contribution in [0.25, 0.3) is 0 Å². The molecule has 1 aromatic rings. The van der Waals surface area contributed by atoms with Crippen LogP contribution >= 0.6 is 23.4 Å². The lowest BCUT2D eigenvalue weighted by molar-refractivity contribution is -0.120. The van der Waals surface area contributed by atoms with Crippen molar-refractivity contribution in [2.45, 2.75) is 25.2 Å². The highest BCUT2D eigenvalue weighted by Gasteiger charge is 2.08. The molecule has 0 saturated heterocycles. The van der Waals surface area contributed by atoms with Crippen molar-refractivity contribution < 1.29 is 9.47 Å². The minimum Gasteiger partial charge on any atom is -0.352 e. The molecule has 0 unspecified atom stereocenters. The molecule has 1 heterocycles. The van der Waals surface area contributed by atoms with E-state index in [1.807, 2.05) is 26.0 Å². The van der Waals surface area contributed by atoms with Crippen molar-refractivity contribution in [3.05, 3.63) is 23.4 Å². The number of aromatic nitrogens is 1. The minimum absolute atomic E-state index is 0.169. The van der Waals surface area contributed by atoms with E-state index in [0.29, 0.717) is 18.2 Å². The van der Waals surface area contributed by atoms with Crippen LogP contribution in [-0.2, 0) is 9.47 Å². The molecule has 1 rings (SSSR count). The van der Waals surface area contributed by atoms with Crippen molar-refractivity contribution in [3.63, 3.8) is 0 Å². The fraction of sp³-hybridized carbons (Fsp3) is 0.545. The van der Waals surface area contributed by atoms with E-state index in [4.69, 9.17) is 21.1 Å². The van der Waals surface area contributed by atoms with E-state index in [2.05, 4.69) is 4.98 Å². The molecule has 5 heteroatoms. The molecule has 0 spiro atoms. The third-order valence-electron chi connectivity index (χ3n) is 1.77. The zero-order valence-electron chi connectivity index (χ0n) is 9.48.